The number of hydrogen-bond acceptors (Lipinski definition) is 5. The van der Waals surface area contributed by atoms with E-state index in [1.807, 2.05) is 74.5 Å². The van der Waals surface area contributed by atoms with Crippen LogP contribution >= 0.6 is 11.6 Å². The first kappa shape index (κ1) is 36.2. The van der Waals surface area contributed by atoms with Crippen LogP contribution in [0, 0.1) is 0 Å². The van der Waals surface area contributed by atoms with E-state index in [0.29, 0.717) is 22.9 Å². The average molecular weight is 710 g/mol. The van der Waals surface area contributed by atoms with Crippen LogP contribution in [-0.4, -0.2) is 43.8 Å². The van der Waals surface area contributed by atoms with E-state index in [1.54, 1.807) is 66.7 Å². The fourth-order valence-electron chi connectivity index (χ4n) is 5.34. The van der Waals surface area contributed by atoms with E-state index in [2.05, 4.69) is 5.32 Å². The van der Waals surface area contributed by atoms with Gasteiger partial charge in [-0.1, -0.05) is 97.4 Å². The highest BCUT2D eigenvalue weighted by atomic mass is 35.5. The molecule has 0 radical (unpaired) electrons. The molecule has 0 spiro atoms. The van der Waals surface area contributed by atoms with Gasteiger partial charge in [0.15, 0.2) is 0 Å². The highest BCUT2D eigenvalue weighted by Crippen LogP contribution is 2.29. The van der Waals surface area contributed by atoms with E-state index < -0.39 is 28.5 Å². The molecule has 10 heteroatoms. The van der Waals surface area contributed by atoms with Crippen molar-refractivity contribution in [2.45, 2.75) is 50.2 Å². The molecule has 5 aromatic carbocycles. The van der Waals surface area contributed by atoms with Gasteiger partial charge in [-0.2, -0.15) is 0 Å². The van der Waals surface area contributed by atoms with Gasteiger partial charge in [-0.05, 0) is 85.1 Å². The minimum atomic E-state index is -4.23. The van der Waals surface area contributed by atoms with Gasteiger partial charge >= 0.3 is 0 Å². The second-order valence-corrected chi connectivity index (χ2v) is 14.2. The Morgan fingerprint density at radius 2 is 1.30 bits per heavy atom. The quantitative estimate of drug-likeness (QED) is 0.119. The number of hydrogen-bond donors (Lipinski definition) is 1. The molecule has 5 rings (SSSR count). The number of benzene rings is 5. The van der Waals surface area contributed by atoms with Crippen LogP contribution in [0.3, 0.4) is 0 Å². The Balaban J connectivity index is 1.55. The third kappa shape index (κ3) is 9.52. The van der Waals surface area contributed by atoms with E-state index in [1.165, 1.54) is 17.0 Å². The molecule has 258 valence electrons. The highest BCUT2D eigenvalue weighted by molar-refractivity contribution is 7.92. The number of amides is 2. The Morgan fingerprint density at radius 3 is 1.90 bits per heavy atom. The Bertz CT molecular complexity index is 1940. The van der Waals surface area contributed by atoms with Crippen molar-refractivity contribution in [3.05, 3.63) is 156 Å². The van der Waals surface area contributed by atoms with Crippen LogP contribution in [0.15, 0.2) is 144 Å². The summed E-state index contributed by atoms with van der Waals surface area (Å²) in [5.41, 5.74) is 1.85. The molecule has 0 heterocycles. The molecule has 5 aromatic rings. The molecule has 1 N–H and O–H groups in total. The minimum absolute atomic E-state index is 0.0250. The number of para-hydroxylation sites is 1. The number of carbonyl (C=O) groups is 2. The molecule has 0 fully saturated rings. The molecule has 0 unspecified atom stereocenters. The van der Waals surface area contributed by atoms with Crippen molar-refractivity contribution >= 4 is 39.1 Å². The van der Waals surface area contributed by atoms with Gasteiger partial charge in [-0.3, -0.25) is 13.9 Å². The lowest BCUT2D eigenvalue weighted by Crippen LogP contribution is -2.54. The summed E-state index contributed by atoms with van der Waals surface area (Å²) in [6.07, 6.45) is 0.918. The first-order valence-electron chi connectivity index (χ1n) is 16.4. The van der Waals surface area contributed by atoms with Gasteiger partial charge in [0.05, 0.1) is 10.6 Å². The van der Waals surface area contributed by atoms with Crippen molar-refractivity contribution in [3.8, 4) is 11.5 Å². The van der Waals surface area contributed by atoms with Crippen LogP contribution in [0.5, 0.6) is 11.5 Å². The Labute approximate surface area is 299 Å². The molecule has 0 aliphatic rings. The normalized spacial score (nSPS) is 12.4. The molecule has 0 saturated carbocycles. The van der Waals surface area contributed by atoms with E-state index in [-0.39, 0.29) is 35.5 Å². The van der Waals surface area contributed by atoms with Crippen LogP contribution in [0.2, 0.25) is 5.02 Å². The largest absolute Gasteiger partial charge is 0.457 e. The molecule has 0 aliphatic heterocycles. The van der Waals surface area contributed by atoms with Crippen molar-refractivity contribution < 1.29 is 22.7 Å². The Morgan fingerprint density at radius 1 is 0.740 bits per heavy atom. The van der Waals surface area contributed by atoms with Crippen LogP contribution in [-0.2, 0) is 32.6 Å². The summed E-state index contributed by atoms with van der Waals surface area (Å²) in [5, 5.41) is 3.58. The number of ether oxygens (including phenoxy) is 1. The fraction of sp³-hybridized carbons (Fsp3) is 0.200. The minimum Gasteiger partial charge on any atom is -0.457 e. The van der Waals surface area contributed by atoms with Crippen LogP contribution in [0.4, 0.5) is 5.69 Å². The SMILES string of the molecule is CC[C@H](C)NC(=O)[C@@H](Cc1ccccc1)N(Cc1ccc(Cl)cc1)C(=O)CN(c1ccc(Oc2ccccc2)cc1)S(=O)(=O)c1ccccc1. The maximum atomic E-state index is 14.7. The molecule has 0 aromatic heterocycles. The second kappa shape index (κ2) is 17.0. The summed E-state index contributed by atoms with van der Waals surface area (Å²) in [7, 11) is -4.23. The van der Waals surface area contributed by atoms with E-state index in [4.69, 9.17) is 16.3 Å². The van der Waals surface area contributed by atoms with Crippen LogP contribution < -0.4 is 14.4 Å². The van der Waals surface area contributed by atoms with Crippen molar-refractivity contribution in [3.63, 3.8) is 0 Å². The first-order valence-corrected chi connectivity index (χ1v) is 18.2. The van der Waals surface area contributed by atoms with Gasteiger partial charge in [0, 0.05) is 24.0 Å². The van der Waals surface area contributed by atoms with Crippen LogP contribution in [0.25, 0.3) is 0 Å². The number of rotatable bonds is 15. The topological polar surface area (TPSA) is 96.0 Å². The standard InChI is InChI=1S/C40H40ClN3O5S/c1-3-30(2)42-40(46)38(27-31-13-7-4-8-14-31)43(28-32-19-21-33(41)22-20-32)39(45)29-44(50(47,48)37-17-11-6-12-18-37)34-23-25-36(26-24-34)49-35-15-9-5-10-16-35/h4-26,30,38H,3,27-29H2,1-2H3,(H,42,46)/t30-,38+/m0/s1. The lowest BCUT2D eigenvalue weighted by molar-refractivity contribution is -0.140. The fourth-order valence-corrected chi connectivity index (χ4v) is 6.90. The predicted octanol–water partition coefficient (Wildman–Crippen LogP) is 7.88. The highest BCUT2D eigenvalue weighted by Gasteiger charge is 2.35. The molecule has 8 nitrogen and oxygen atoms in total. The summed E-state index contributed by atoms with van der Waals surface area (Å²) >= 11 is 6.18. The number of nitrogens with one attached hydrogen (secondary N) is 1. The zero-order valence-corrected chi connectivity index (χ0v) is 29.6. The van der Waals surface area contributed by atoms with Gasteiger partial charge < -0.3 is 15.0 Å². The van der Waals surface area contributed by atoms with E-state index >= 15 is 0 Å². The maximum Gasteiger partial charge on any atom is 0.264 e. The van der Waals surface area contributed by atoms with E-state index in [9.17, 15) is 18.0 Å². The number of nitrogens with zero attached hydrogens (tertiary/aromatic N) is 2. The molecule has 0 saturated heterocycles. The summed E-state index contributed by atoms with van der Waals surface area (Å²) < 4.78 is 35.6. The number of carbonyl (C=O) groups excluding carboxylic acids is 2. The maximum absolute atomic E-state index is 14.7. The van der Waals surface area contributed by atoms with Gasteiger partial charge in [-0.25, -0.2) is 8.42 Å². The number of sulfonamides is 1. The Kier molecular flexibility index (Phi) is 12.3. The molecule has 50 heavy (non-hydrogen) atoms. The average Bonchev–Trinajstić information content (AvgIpc) is 3.14. The van der Waals surface area contributed by atoms with Crippen LogP contribution in [0.1, 0.15) is 31.4 Å². The van der Waals surface area contributed by atoms with E-state index in [0.717, 1.165) is 15.4 Å². The number of anilines is 1. The molecule has 2 atom stereocenters. The van der Waals surface area contributed by atoms with Gasteiger partial charge in [0.25, 0.3) is 10.0 Å². The van der Waals surface area contributed by atoms with Gasteiger partial charge in [-0.15, -0.1) is 0 Å². The lowest BCUT2D eigenvalue weighted by Gasteiger charge is -2.34. The van der Waals surface area contributed by atoms with Crippen molar-refractivity contribution in [2.24, 2.45) is 0 Å². The summed E-state index contributed by atoms with van der Waals surface area (Å²) in [4.78, 5) is 30.2. The molecular weight excluding hydrogens is 670 g/mol. The molecule has 0 aliphatic carbocycles. The Hall–Kier alpha value is -5.12. The first-order chi connectivity index (χ1) is 24.1. The second-order valence-electron chi connectivity index (χ2n) is 11.9. The van der Waals surface area contributed by atoms with Crippen molar-refractivity contribution in [1.82, 2.24) is 10.2 Å². The summed E-state index contributed by atoms with van der Waals surface area (Å²) in [6.45, 7) is 3.36. The lowest BCUT2D eigenvalue weighted by atomic mass is 10.0. The van der Waals surface area contributed by atoms with Crippen molar-refractivity contribution in [2.75, 3.05) is 10.8 Å². The predicted molar refractivity (Wildman–Crippen MR) is 198 cm³/mol. The third-order valence-corrected chi connectivity index (χ3v) is 10.3. The molecule has 2 amide bonds. The summed E-state index contributed by atoms with van der Waals surface area (Å²) in [5.74, 6) is 0.245. The van der Waals surface area contributed by atoms with Gasteiger partial charge in [0.1, 0.15) is 24.1 Å². The molecular formula is C40H40ClN3O5S. The number of halogens is 1. The molecule has 0 bridgehead atoms. The monoisotopic (exact) mass is 709 g/mol. The van der Waals surface area contributed by atoms with Crippen molar-refractivity contribution in [1.29, 1.82) is 0 Å². The third-order valence-electron chi connectivity index (χ3n) is 8.25. The smallest absolute Gasteiger partial charge is 0.264 e. The zero-order chi connectivity index (χ0) is 35.5. The van der Waals surface area contributed by atoms with Gasteiger partial charge in [0.2, 0.25) is 11.8 Å². The zero-order valence-electron chi connectivity index (χ0n) is 28.0. The summed E-state index contributed by atoms with van der Waals surface area (Å²) in [6, 6.07) is 39.1.